The summed E-state index contributed by atoms with van der Waals surface area (Å²) in [4.78, 5) is 17.0. The number of methoxy groups -OCH3 is 1. The van der Waals surface area contributed by atoms with Crippen molar-refractivity contribution in [1.82, 2.24) is 4.98 Å². The summed E-state index contributed by atoms with van der Waals surface area (Å²) in [5.74, 6) is 0.0393. The number of aryl methyl sites for hydroxylation is 2. The summed E-state index contributed by atoms with van der Waals surface area (Å²) < 4.78 is 4.82. The summed E-state index contributed by atoms with van der Waals surface area (Å²) >= 11 is 1.48. The van der Waals surface area contributed by atoms with Gasteiger partial charge in [0, 0.05) is 5.92 Å². The van der Waals surface area contributed by atoms with E-state index < -0.39 is 0 Å². The van der Waals surface area contributed by atoms with Gasteiger partial charge in [0.25, 0.3) is 0 Å². The molecule has 2 aromatic rings. The molecule has 0 N–H and O–H groups in total. The molecule has 0 spiro atoms. The van der Waals surface area contributed by atoms with Gasteiger partial charge in [-0.15, -0.1) is 11.3 Å². The van der Waals surface area contributed by atoms with Crippen LogP contribution in [0.5, 0.6) is 0 Å². The van der Waals surface area contributed by atoms with Crippen LogP contribution in [-0.2, 0) is 11.2 Å². The third kappa shape index (κ3) is 2.24. The summed E-state index contributed by atoms with van der Waals surface area (Å²) in [6, 6.07) is 8.56. The summed E-state index contributed by atoms with van der Waals surface area (Å²) in [6.07, 6.45) is 3.42. The van der Waals surface area contributed by atoms with Gasteiger partial charge in [-0.05, 0) is 37.3 Å². The number of carbonyl (C=O) groups excluding carboxylic acids is 1. The second kappa shape index (κ2) is 5.37. The minimum atomic E-state index is -0.282. The second-order valence-electron chi connectivity index (χ2n) is 5.10. The Morgan fingerprint density at radius 3 is 3.00 bits per heavy atom. The van der Waals surface area contributed by atoms with Crippen LogP contribution in [0, 0.1) is 6.92 Å². The van der Waals surface area contributed by atoms with Crippen LogP contribution in [0.1, 0.15) is 50.3 Å². The van der Waals surface area contributed by atoms with E-state index in [0.717, 1.165) is 23.5 Å². The van der Waals surface area contributed by atoms with Gasteiger partial charge < -0.3 is 4.74 Å². The zero-order valence-electron chi connectivity index (χ0n) is 11.7. The number of hydrogen-bond acceptors (Lipinski definition) is 4. The van der Waals surface area contributed by atoms with Crippen LogP contribution >= 0.6 is 11.3 Å². The highest BCUT2D eigenvalue weighted by molar-refractivity contribution is 7.13. The van der Waals surface area contributed by atoms with Crippen molar-refractivity contribution >= 4 is 17.3 Å². The Morgan fingerprint density at radius 1 is 1.40 bits per heavy atom. The highest BCUT2D eigenvalue weighted by atomic mass is 32.1. The van der Waals surface area contributed by atoms with Crippen LogP contribution in [0.2, 0.25) is 0 Å². The number of aromatic nitrogens is 1. The van der Waals surface area contributed by atoms with Crippen molar-refractivity contribution in [1.29, 1.82) is 0 Å². The smallest absolute Gasteiger partial charge is 0.349 e. The zero-order valence-corrected chi connectivity index (χ0v) is 12.5. The molecule has 0 bridgehead atoms. The molecule has 1 aromatic carbocycles. The molecule has 104 valence electrons. The van der Waals surface area contributed by atoms with Gasteiger partial charge in [-0.25, -0.2) is 9.78 Å². The molecule has 1 aliphatic carbocycles. The van der Waals surface area contributed by atoms with E-state index in [1.54, 1.807) is 0 Å². The molecule has 0 aliphatic heterocycles. The molecule has 1 heterocycles. The van der Waals surface area contributed by atoms with E-state index in [2.05, 4.69) is 29.2 Å². The fourth-order valence-corrected chi connectivity index (χ4v) is 4.00. The predicted octanol–water partition coefficient (Wildman–Crippen LogP) is 3.71. The highest BCUT2D eigenvalue weighted by Gasteiger charge is 2.26. The summed E-state index contributed by atoms with van der Waals surface area (Å²) in [6.45, 7) is 1.88. The van der Waals surface area contributed by atoms with Gasteiger partial charge in [-0.1, -0.05) is 24.3 Å². The molecular formula is C16H17NO2S. The Morgan fingerprint density at radius 2 is 2.20 bits per heavy atom. The van der Waals surface area contributed by atoms with Crippen molar-refractivity contribution in [2.45, 2.75) is 32.1 Å². The monoisotopic (exact) mass is 287 g/mol. The lowest BCUT2D eigenvalue weighted by Crippen LogP contribution is -2.10. The summed E-state index contributed by atoms with van der Waals surface area (Å²) in [7, 11) is 1.41. The van der Waals surface area contributed by atoms with E-state index in [9.17, 15) is 4.79 Å². The average Bonchev–Trinajstić information content (AvgIpc) is 2.87. The molecule has 1 aromatic heterocycles. The normalized spacial score (nSPS) is 17.6. The topological polar surface area (TPSA) is 39.2 Å². The van der Waals surface area contributed by atoms with Gasteiger partial charge in [0.05, 0.1) is 12.8 Å². The largest absolute Gasteiger partial charge is 0.465 e. The van der Waals surface area contributed by atoms with Gasteiger partial charge in [-0.2, -0.15) is 0 Å². The minimum absolute atomic E-state index is 0.282. The zero-order chi connectivity index (χ0) is 14.1. The molecule has 4 heteroatoms. The maximum absolute atomic E-state index is 11.7. The minimum Gasteiger partial charge on any atom is -0.465 e. The lowest BCUT2D eigenvalue weighted by molar-refractivity contribution is 0.0605. The first kappa shape index (κ1) is 13.3. The van der Waals surface area contributed by atoms with Crippen LogP contribution in [0.15, 0.2) is 24.3 Å². The molecule has 1 aliphatic rings. The van der Waals surface area contributed by atoms with Gasteiger partial charge in [0.2, 0.25) is 0 Å². The first-order valence-electron chi connectivity index (χ1n) is 6.84. The molecule has 3 nitrogen and oxygen atoms in total. The number of fused-ring (bicyclic) bond motifs is 1. The Bertz CT molecular complexity index is 648. The second-order valence-corrected chi connectivity index (χ2v) is 6.13. The first-order valence-corrected chi connectivity index (χ1v) is 7.65. The maximum Gasteiger partial charge on any atom is 0.349 e. The van der Waals surface area contributed by atoms with E-state index in [4.69, 9.17) is 4.74 Å². The Kier molecular flexibility index (Phi) is 3.57. The Balaban J connectivity index is 2.01. The summed E-state index contributed by atoms with van der Waals surface area (Å²) in [5, 5.41) is 1.04. The van der Waals surface area contributed by atoms with Gasteiger partial charge in [0.1, 0.15) is 9.88 Å². The molecule has 0 radical (unpaired) electrons. The highest BCUT2D eigenvalue weighted by Crippen LogP contribution is 2.39. The summed E-state index contributed by atoms with van der Waals surface area (Å²) in [5.41, 5.74) is 3.56. The number of nitrogens with zero attached hydrogens (tertiary/aromatic N) is 1. The number of hydrogen-bond donors (Lipinski definition) is 0. The van der Waals surface area contributed by atoms with E-state index in [1.165, 1.54) is 36.0 Å². The van der Waals surface area contributed by atoms with Crippen molar-refractivity contribution in [2.24, 2.45) is 0 Å². The fourth-order valence-electron chi connectivity index (χ4n) is 2.86. The molecule has 20 heavy (non-hydrogen) atoms. The molecule has 1 atom stereocenters. The maximum atomic E-state index is 11.7. The van der Waals surface area contributed by atoms with Crippen molar-refractivity contribution in [3.63, 3.8) is 0 Å². The fraction of sp³-hybridized carbons (Fsp3) is 0.375. The van der Waals surface area contributed by atoms with E-state index in [-0.39, 0.29) is 5.97 Å². The van der Waals surface area contributed by atoms with Crippen molar-refractivity contribution < 1.29 is 9.53 Å². The van der Waals surface area contributed by atoms with E-state index in [1.807, 2.05) is 6.92 Å². The van der Waals surface area contributed by atoms with Crippen LogP contribution in [0.4, 0.5) is 0 Å². The van der Waals surface area contributed by atoms with E-state index in [0.29, 0.717) is 10.8 Å². The van der Waals surface area contributed by atoms with Crippen LogP contribution in [-0.4, -0.2) is 18.1 Å². The molecule has 3 rings (SSSR count). The lowest BCUT2D eigenvalue weighted by Gasteiger charge is -2.23. The Labute approximate surface area is 122 Å². The first-order chi connectivity index (χ1) is 9.70. The molecule has 1 unspecified atom stereocenters. The third-order valence-corrected chi connectivity index (χ3v) is 5.10. The van der Waals surface area contributed by atoms with Gasteiger partial charge in [0.15, 0.2) is 0 Å². The standard InChI is InChI=1S/C16H17NO2S/c1-10-14(16(18)19-2)20-15(17-10)13-9-5-7-11-6-3-4-8-12(11)13/h3-4,6,8,13H,5,7,9H2,1-2H3. The van der Waals surface area contributed by atoms with Crippen LogP contribution < -0.4 is 0 Å². The van der Waals surface area contributed by atoms with Crippen molar-refractivity contribution in [3.8, 4) is 0 Å². The van der Waals surface area contributed by atoms with E-state index >= 15 is 0 Å². The number of esters is 1. The average molecular weight is 287 g/mol. The lowest BCUT2D eigenvalue weighted by atomic mass is 9.83. The number of benzene rings is 1. The van der Waals surface area contributed by atoms with Crippen molar-refractivity contribution in [3.05, 3.63) is 51.0 Å². The molecule has 0 amide bonds. The molecule has 0 saturated carbocycles. The Hall–Kier alpha value is -1.68. The van der Waals surface area contributed by atoms with Crippen LogP contribution in [0.25, 0.3) is 0 Å². The predicted molar refractivity (Wildman–Crippen MR) is 79.4 cm³/mol. The molecular weight excluding hydrogens is 270 g/mol. The quantitative estimate of drug-likeness (QED) is 0.790. The number of rotatable bonds is 2. The number of thiazole rings is 1. The van der Waals surface area contributed by atoms with Gasteiger partial charge in [-0.3, -0.25) is 0 Å². The molecule has 0 fully saturated rings. The number of carbonyl (C=O) groups is 1. The number of ether oxygens (including phenoxy) is 1. The van der Waals surface area contributed by atoms with Crippen molar-refractivity contribution in [2.75, 3.05) is 7.11 Å². The molecule has 0 saturated heterocycles. The SMILES string of the molecule is COC(=O)c1sc(C2CCCc3ccccc32)nc1C. The van der Waals surface area contributed by atoms with Crippen LogP contribution in [0.3, 0.4) is 0 Å². The van der Waals surface area contributed by atoms with Gasteiger partial charge >= 0.3 is 5.97 Å². The third-order valence-electron chi connectivity index (χ3n) is 3.85.